The summed E-state index contributed by atoms with van der Waals surface area (Å²) < 4.78 is 2.00. The van der Waals surface area contributed by atoms with Gasteiger partial charge in [-0.05, 0) is 25.5 Å². The molecule has 0 spiro atoms. The first-order valence-electron chi connectivity index (χ1n) is 5.47. The lowest BCUT2D eigenvalue weighted by Gasteiger charge is -2.09. The van der Waals surface area contributed by atoms with E-state index in [0.29, 0.717) is 10.8 Å². The minimum atomic E-state index is -0.574. The van der Waals surface area contributed by atoms with Crippen LogP contribution < -0.4 is 0 Å². The van der Waals surface area contributed by atoms with Crippen LogP contribution in [0.1, 0.15) is 32.2 Å². The molecule has 2 rings (SSSR count). The van der Waals surface area contributed by atoms with Gasteiger partial charge >= 0.3 is 0 Å². The molecule has 4 heteroatoms. The molecule has 1 aromatic carbocycles. The number of halogens is 1. The van der Waals surface area contributed by atoms with E-state index >= 15 is 0 Å². The van der Waals surface area contributed by atoms with E-state index < -0.39 is 6.10 Å². The van der Waals surface area contributed by atoms with Crippen molar-refractivity contribution < 1.29 is 5.11 Å². The van der Waals surface area contributed by atoms with Crippen molar-refractivity contribution in [2.75, 3.05) is 0 Å². The monoisotopic (exact) mass is 238 g/mol. The Morgan fingerprint density at radius 2 is 2.25 bits per heavy atom. The largest absolute Gasteiger partial charge is 0.385 e. The molecule has 0 aliphatic rings. The van der Waals surface area contributed by atoms with Gasteiger partial charge in [-0.1, -0.05) is 24.6 Å². The number of hydrogen-bond donors (Lipinski definition) is 1. The predicted molar refractivity (Wildman–Crippen MR) is 65.7 cm³/mol. The highest BCUT2D eigenvalue weighted by atomic mass is 35.5. The molecule has 0 aliphatic carbocycles. The molecule has 2 aromatic rings. The van der Waals surface area contributed by atoms with Crippen molar-refractivity contribution in [3.63, 3.8) is 0 Å². The number of benzene rings is 1. The quantitative estimate of drug-likeness (QED) is 0.892. The molecule has 1 aromatic heterocycles. The lowest BCUT2D eigenvalue weighted by Crippen LogP contribution is -2.06. The van der Waals surface area contributed by atoms with Crippen LogP contribution in [0.2, 0.25) is 5.02 Å². The molecule has 0 saturated heterocycles. The predicted octanol–water partition coefficient (Wildman–Crippen LogP) is 3.15. The van der Waals surface area contributed by atoms with Gasteiger partial charge in [-0.15, -0.1) is 0 Å². The van der Waals surface area contributed by atoms with Crippen LogP contribution in [0.5, 0.6) is 0 Å². The Bertz CT molecular complexity index is 505. The Kier molecular flexibility index (Phi) is 3.17. The summed E-state index contributed by atoms with van der Waals surface area (Å²) in [4.78, 5) is 4.42. The summed E-state index contributed by atoms with van der Waals surface area (Å²) in [7, 11) is 0. The zero-order chi connectivity index (χ0) is 11.7. The van der Waals surface area contributed by atoms with Crippen molar-refractivity contribution >= 4 is 22.6 Å². The third-order valence-corrected chi connectivity index (χ3v) is 2.87. The van der Waals surface area contributed by atoms with Crippen LogP contribution in [-0.4, -0.2) is 14.7 Å². The van der Waals surface area contributed by atoms with E-state index in [1.807, 2.05) is 22.8 Å². The first-order valence-corrected chi connectivity index (χ1v) is 5.85. The molecule has 0 bridgehead atoms. The number of aliphatic hydroxyl groups is 1. The minimum absolute atomic E-state index is 0.574. The highest BCUT2D eigenvalue weighted by Crippen LogP contribution is 2.27. The highest BCUT2D eigenvalue weighted by molar-refractivity contribution is 6.35. The summed E-state index contributed by atoms with van der Waals surface area (Å²) in [5.74, 6) is 0.685. The van der Waals surface area contributed by atoms with Crippen LogP contribution >= 0.6 is 11.6 Å². The summed E-state index contributed by atoms with van der Waals surface area (Å²) in [5, 5.41) is 10.4. The van der Waals surface area contributed by atoms with Crippen molar-refractivity contribution in [1.82, 2.24) is 9.55 Å². The van der Waals surface area contributed by atoms with E-state index in [9.17, 15) is 5.11 Å². The van der Waals surface area contributed by atoms with Crippen LogP contribution in [-0.2, 0) is 6.54 Å². The Hall–Kier alpha value is -1.06. The Morgan fingerprint density at radius 3 is 2.88 bits per heavy atom. The van der Waals surface area contributed by atoms with Gasteiger partial charge in [0.25, 0.3) is 0 Å². The van der Waals surface area contributed by atoms with Gasteiger partial charge in [0.1, 0.15) is 11.9 Å². The van der Waals surface area contributed by atoms with Crippen LogP contribution in [0.15, 0.2) is 18.2 Å². The number of rotatable bonds is 3. The number of aryl methyl sites for hydroxylation is 1. The first kappa shape index (κ1) is 11.4. The van der Waals surface area contributed by atoms with Gasteiger partial charge < -0.3 is 9.67 Å². The third-order valence-electron chi connectivity index (χ3n) is 2.57. The maximum atomic E-state index is 9.70. The van der Waals surface area contributed by atoms with E-state index in [1.165, 1.54) is 0 Å². The standard InChI is InChI=1S/C12H15ClN2O/c1-3-7-15-11-9(13)5-4-6-10(11)14-12(15)8(2)16/h4-6,8,16H,3,7H2,1-2H3/t8-/m0/s1. The van der Waals surface area contributed by atoms with Gasteiger partial charge in [0.15, 0.2) is 0 Å². The van der Waals surface area contributed by atoms with Crippen LogP contribution in [0.4, 0.5) is 0 Å². The van der Waals surface area contributed by atoms with E-state index in [4.69, 9.17) is 11.6 Å². The topological polar surface area (TPSA) is 38.0 Å². The maximum Gasteiger partial charge on any atom is 0.138 e. The zero-order valence-electron chi connectivity index (χ0n) is 9.44. The molecule has 1 N–H and O–H groups in total. The number of aliphatic hydroxyl groups excluding tert-OH is 1. The number of nitrogens with zero attached hydrogens (tertiary/aromatic N) is 2. The first-order chi connectivity index (χ1) is 7.65. The van der Waals surface area contributed by atoms with Gasteiger partial charge in [-0.25, -0.2) is 4.98 Å². The molecule has 0 aliphatic heterocycles. The Morgan fingerprint density at radius 1 is 1.50 bits per heavy atom. The average Bonchev–Trinajstić information content (AvgIpc) is 2.59. The van der Waals surface area contributed by atoms with Crippen molar-refractivity contribution in [2.24, 2.45) is 0 Å². The lowest BCUT2D eigenvalue weighted by molar-refractivity contribution is 0.184. The second-order valence-electron chi connectivity index (χ2n) is 3.91. The van der Waals surface area contributed by atoms with Crippen LogP contribution in [0.25, 0.3) is 11.0 Å². The fourth-order valence-electron chi connectivity index (χ4n) is 1.93. The molecule has 3 nitrogen and oxygen atoms in total. The van der Waals surface area contributed by atoms with Gasteiger partial charge in [-0.3, -0.25) is 0 Å². The highest BCUT2D eigenvalue weighted by Gasteiger charge is 2.15. The van der Waals surface area contributed by atoms with Gasteiger partial charge in [0.2, 0.25) is 0 Å². The number of hydrogen-bond acceptors (Lipinski definition) is 2. The van der Waals surface area contributed by atoms with E-state index in [-0.39, 0.29) is 0 Å². The summed E-state index contributed by atoms with van der Waals surface area (Å²) in [6.45, 7) is 4.64. The van der Waals surface area contributed by atoms with Crippen LogP contribution in [0, 0.1) is 0 Å². The summed E-state index contributed by atoms with van der Waals surface area (Å²) in [6.07, 6.45) is 0.408. The van der Waals surface area contributed by atoms with E-state index in [1.54, 1.807) is 6.92 Å². The normalized spacial score (nSPS) is 13.2. The van der Waals surface area contributed by atoms with Crippen molar-refractivity contribution in [3.8, 4) is 0 Å². The second kappa shape index (κ2) is 4.44. The molecule has 0 amide bonds. The molecule has 0 unspecified atom stereocenters. The molecule has 86 valence electrons. The minimum Gasteiger partial charge on any atom is -0.385 e. The number of para-hydroxylation sites is 1. The molecule has 0 radical (unpaired) electrons. The van der Waals surface area contributed by atoms with Gasteiger partial charge in [0, 0.05) is 6.54 Å². The smallest absolute Gasteiger partial charge is 0.138 e. The SMILES string of the molecule is CCCn1c([C@H](C)O)nc2cccc(Cl)c21. The van der Waals surface area contributed by atoms with Gasteiger partial charge in [-0.2, -0.15) is 0 Å². The molecule has 16 heavy (non-hydrogen) atoms. The lowest BCUT2D eigenvalue weighted by atomic mass is 10.3. The third kappa shape index (κ3) is 1.81. The average molecular weight is 239 g/mol. The van der Waals surface area contributed by atoms with Crippen molar-refractivity contribution in [2.45, 2.75) is 32.9 Å². The molecular weight excluding hydrogens is 224 g/mol. The molecule has 1 atom stereocenters. The molecular formula is C12H15ClN2O. The summed E-state index contributed by atoms with van der Waals surface area (Å²) in [5.41, 5.74) is 1.76. The second-order valence-corrected chi connectivity index (χ2v) is 4.31. The van der Waals surface area contributed by atoms with Crippen LogP contribution in [0.3, 0.4) is 0 Å². The Balaban J connectivity index is 2.72. The van der Waals surface area contributed by atoms with Gasteiger partial charge in [0.05, 0.1) is 16.1 Å². The van der Waals surface area contributed by atoms with Crippen molar-refractivity contribution in [3.05, 3.63) is 29.0 Å². The number of fused-ring (bicyclic) bond motifs is 1. The molecule has 0 fully saturated rings. The van der Waals surface area contributed by atoms with E-state index in [2.05, 4.69) is 11.9 Å². The Labute approximate surface area is 99.7 Å². The molecule has 0 saturated carbocycles. The number of aromatic nitrogens is 2. The maximum absolute atomic E-state index is 9.70. The van der Waals surface area contributed by atoms with Crippen molar-refractivity contribution in [1.29, 1.82) is 0 Å². The van der Waals surface area contributed by atoms with E-state index in [0.717, 1.165) is 24.0 Å². The fraction of sp³-hybridized carbons (Fsp3) is 0.417. The summed E-state index contributed by atoms with van der Waals surface area (Å²) >= 11 is 6.17. The summed E-state index contributed by atoms with van der Waals surface area (Å²) in [6, 6.07) is 5.64. The molecule has 1 heterocycles. The zero-order valence-corrected chi connectivity index (χ0v) is 10.2. The fourth-order valence-corrected chi connectivity index (χ4v) is 2.20. The number of imidazole rings is 1.